The van der Waals surface area contributed by atoms with Gasteiger partial charge in [0.15, 0.2) is 5.16 Å². The van der Waals surface area contributed by atoms with Gasteiger partial charge in [-0.25, -0.2) is 4.98 Å². The second-order valence-electron chi connectivity index (χ2n) is 8.06. The van der Waals surface area contributed by atoms with Crippen LogP contribution in [0.5, 0.6) is 0 Å². The Morgan fingerprint density at radius 3 is 2.81 bits per heavy atom. The zero-order chi connectivity index (χ0) is 21.9. The molecule has 0 saturated carbocycles. The van der Waals surface area contributed by atoms with Crippen LogP contribution in [0, 0.1) is 0 Å². The Bertz CT molecular complexity index is 1200. The van der Waals surface area contributed by atoms with Gasteiger partial charge in [-0.15, -0.1) is 21.5 Å². The van der Waals surface area contributed by atoms with E-state index < -0.39 is 0 Å². The predicted molar refractivity (Wildman–Crippen MR) is 130 cm³/mol. The number of para-hydroxylation sites is 1. The summed E-state index contributed by atoms with van der Waals surface area (Å²) in [7, 11) is 0. The minimum Gasteiger partial charge on any atom is -0.325 e. The number of thioether (sulfide) groups is 1. The van der Waals surface area contributed by atoms with Crippen LogP contribution in [-0.4, -0.2) is 30.9 Å². The van der Waals surface area contributed by atoms with E-state index in [4.69, 9.17) is 4.98 Å². The van der Waals surface area contributed by atoms with Crippen molar-refractivity contribution in [3.05, 3.63) is 64.9 Å². The van der Waals surface area contributed by atoms with Crippen molar-refractivity contribution in [2.45, 2.75) is 56.0 Å². The van der Waals surface area contributed by atoms with Crippen molar-refractivity contribution in [2.75, 3.05) is 5.32 Å². The fourth-order valence-electron chi connectivity index (χ4n) is 3.88. The van der Waals surface area contributed by atoms with Gasteiger partial charge in [0, 0.05) is 25.1 Å². The molecule has 5 rings (SSSR count). The van der Waals surface area contributed by atoms with Crippen LogP contribution in [0.2, 0.25) is 0 Å². The number of benzene rings is 2. The molecule has 6 nitrogen and oxygen atoms in total. The van der Waals surface area contributed by atoms with Crippen molar-refractivity contribution in [2.24, 2.45) is 0 Å². The Hall–Kier alpha value is -2.71. The van der Waals surface area contributed by atoms with Gasteiger partial charge < -0.3 is 9.88 Å². The molecule has 8 heteroatoms. The van der Waals surface area contributed by atoms with Crippen molar-refractivity contribution in [3.8, 4) is 0 Å². The lowest BCUT2D eigenvalue weighted by atomic mass is 10.1. The van der Waals surface area contributed by atoms with E-state index in [0.717, 1.165) is 59.4 Å². The average Bonchev–Trinajstić information content (AvgIpc) is 3.29. The number of aromatic nitrogens is 4. The number of hydrogen-bond donors (Lipinski definition) is 1. The molecule has 0 spiro atoms. The van der Waals surface area contributed by atoms with E-state index in [0.29, 0.717) is 0 Å². The van der Waals surface area contributed by atoms with Crippen LogP contribution in [0.4, 0.5) is 5.69 Å². The second kappa shape index (κ2) is 9.42. The van der Waals surface area contributed by atoms with E-state index in [1.807, 2.05) is 37.3 Å². The maximum atomic E-state index is 12.8. The molecule has 4 aromatic rings. The number of carbonyl (C=O) groups is 1. The Balaban J connectivity index is 1.19. The summed E-state index contributed by atoms with van der Waals surface area (Å²) in [6, 6.07) is 16.2. The molecule has 0 radical (unpaired) electrons. The van der Waals surface area contributed by atoms with Gasteiger partial charge in [0.05, 0.1) is 20.5 Å². The molecular formula is C24H25N5OS2. The van der Waals surface area contributed by atoms with Crippen molar-refractivity contribution >= 4 is 44.9 Å². The summed E-state index contributed by atoms with van der Waals surface area (Å²) in [6.45, 7) is 2.86. The SMILES string of the molecule is CC(Sc1nnc2n1CCCCC2)C(=O)Nc1ccc(Cc2nc3ccccc3s2)cc1. The first-order chi connectivity index (χ1) is 15.7. The van der Waals surface area contributed by atoms with E-state index in [1.165, 1.54) is 28.4 Å². The summed E-state index contributed by atoms with van der Waals surface area (Å²) >= 11 is 3.21. The molecule has 1 aliphatic rings. The van der Waals surface area contributed by atoms with Crippen LogP contribution in [0.15, 0.2) is 53.7 Å². The first-order valence-corrected chi connectivity index (χ1v) is 12.7. The Kier molecular flexibility index (Phi) is 6.23. The number of nitrogens with zero attached hydrogens (tertiary/aromatic N) is 4. The third kappa shape index (κ3) is 4.71. The monoisotopic (exact) mass is 463 g/mol. The van der Waals surface area contributed by atoms with Crippen LogP contribution >= 0.6 is 23.1 Å². The number of fused-ring (bicyclic) bond motifs is 2. The van der Waals surface area contributed by atoms with Crippen LogP contribution in [0.25, 0.3) is 10.2 Å². The lowest BCUT2D eigenvalue weighted by Gasteiger charge is -2.13. The van der Waals surface area contributed by atoms with Gasteiger partial charge in [0.2, 0.25) is 5.91 Å². The molecule has 0 bridgehead atoms. The number of thiazole rings is 1. The number of hydrogen-bond acceptors (Lipinski definition) is 6. The van der Waals surface area contributed by atoms with Crippen molar-refractivity contribution < 1.29 is 4.79 Å². The number of aryl methyl sites for hydroxylation is 1. The molecule has 2 aromatic carbocycles. The highest BCUT2D eigenvalue weighted by molar-refractivity contribution is 8.00. The fourth-order valence-corrected chi connectivity index (χ4v) is 5.77. The molecule has 0 fully saturated rings. The van der Waals surface area contributed by atoms with Crippen LogP contribution < -0.4 is 5.32 Å². The minimum atomic E-state index is -0.256. The van der Waals surface area contributed by atoms with Crippen LogP contribution in [-0.2, 0) is 24.2 Å². The summed E-state index contributed by atoms with van der Waals surface area (Å²) in [6.07, 6.45) is 5.28. The first-order valence-electron chi connectivity index (χ1n) is 11.0. The van der Waals surface area contributed by atoms with Gasteiger partial charge in [-0.05, 0) is 49.6 Å². The standard InChI is InChI=1S/C24H25N5OS2/c1-16(31-24-28-27-21-9-3-2-6-14-29(21)24)23(30)25-18-12-10-17(11-13-18)15-22-26-19-7-4-5-8-20(19)32-22/h4-5,7-8,10-13,16H,2-3,6,9,14-15H2,1H3,(H,25,30). The number of nitrogens with one attached hydrogen (secondary N) is 1. The molecule has 164 valence electrons. The van der Waals surface area contributed by atoms with Crippen LogP contribution in [0.3, 0.4) is 0 Å². The van der Waals surface area contributed by atoms with Crippen molar-refractivity contribution in [3.63, 3.8) is 0 Å². The molecular weight excluding hydrogens is 438 g/mol. The predicted octanol–water partition coefficient (Wildman–Crippen LogP) is 5.32. The molecule has 32 heavy (non-hydrogen) atoms. The third-order valence-corrected chi connectivity index (χ3v) is 7.76. The van der Waals surface area contributed by atoms with Gasteiger partial charge in [-0.1, -0.05) is 42.4 Å². The van der Waals surface area contributed by atoms with Gasteiger partial charge in [0.25, 0.3) is 0 Å². The van der Waals surface area contributed by atoms with Gasteiger partial charge >= 0.3 is 0 Å². The molecule has 1 aliphatic heterocycles. The Morgan fingerprint density at radius 2 is 1.97 bits per heavy atom. The van der Waals surface area contributed by atoms with E-state index in [9.17, 15) is 4.79 Å². The van der Waals surface area contributed by atoms with E-state index in [2.05, 4.69) is 38.3 Å². The van der Waals surface area contributed by atoms with Crippen LogP contribution in [0.1, 0.15) is 42.6 Å². The molecule has 0 saturated heterocycles. The highest BCUT2D eigenvalue weighted by atomic mass is 32.2. The molecule has 1 amide bonds. The quantitative estimate of drug-likeness (QED) is 0.392. The second-order valence-corrected chi connectivity index (χ2v) is 10.5. The van der Waals surface area contributed by atoms with E-state index in [-0.39, 0.29) is 11.2 Å². The van der Waals surface area contributed by atoms with Gasteiger partial charge in [-0.3, -0.25) is 4.79 Å². The fraction of sp³-hybridized carbons (Fsp3) is 0.333. The largest absolute Gasteiger partial charge is 0.325 e. The van der Waals surface area contributed by atoms with Crippen molar-refractivity contribution in [1.82, 2.24) is 19.7 Å². The van der Waals surface area contributed by atoms with Crippen molar-refractivity contribution in [1.29, 1.82) is 0 Å². The zero-order valence-electron chi connectivity index (χ0n) is 18.0. The van der Waals surface area contributed by atoms with Gasteiger partial charge in [0.1, 0.15) is 5.82 Å². The summed E-state index contributed by atoms with van der Waals surface area (Å²) in [4.78, 5) is 17.5. The maximum absolute atomic E-state index is 12.8. The highest BCUT2D eigenvalue weighted by Gasteiger charge is 2.21. The lowest BCUT2D eigenvalue weighted by Crippen LogP contribution is -2.23. The highest BCUT2D eigenvalue weighted by Crippen LogP contribution is 2.27. The first kappa shape index (κ1) is 21.2. The maximum Gasteiger partial charge on any atom is 0.237 e. The number of carbonyl (C=O) groups excluding carboxylic acids is 1. The number of rotatable bonds is 6. The molecule has 2 aromatic heterocycles. The molecule has 1 N–H and O–H groups in total. The summed E-state index contributed by atoms with van der Waals surface area (Å²) in [5.74, 6) is 1.02. The number of amides is 1. The summed E-state index contributed by atoms with van der Waals surface area (Å²) in [5.41, 5.74) is 3.03. The molecule has 1 unspecified atom stereocenters. The molecule has 3 heterocycles. The Morgan fingerprint density at radius 1 is 1.12 bits per heavy atom. The Labute approximate surface area is 195 Å². The zero-order valence-corrected chi connectivity index (χ0v) is 19.6. The average molecular weight is 464 g/mol. The minimum absolute atomic E-state index is 0.0279. The van der Waals surface area contributed by atoms with E-state index in [1.54, 1.807) is 11.3 Å². The topological polar surface area (TPSA) is 72.7 Å². The smallest absolute Gasteiger partial charge is 0.237 e. The summed E-state index contributed by atoms with van der Waals surface area (Å²) in [5, 5.41) is 13.4. The molecule has 1 atom stereocenters. The van der Waals surface area contributed by atoms with E-state index >= 15 is 0 Å². The third-order valence-electron chi connectivity index (χ3n) is 5.64. The molecule has 0 aliphatic carbocycles. The van der Waals surface area contributed by atoms with Gasteiger partial charge in [-0.2, -0.15) is 0 Å². The normalized spacial score (nSPS) is 14.7. The number of anilines is 1. The summed E-state index contributed by atoms with van der Waals surface area (Å²) < 4.78 is 3.39. The lowest BCUT2D eigenvalue weighted by molar-refractivity contribution is -0.115.